The molecule has 9 heteroatoms. The lowest BCUT2D eigenvalue weighted by molar-refractivity contribution is -0.00468. The summed E-state index contributed by atoms with van der Waals surface area (Å²) in [5.41, 5.74) is -0.258. The lowest BCUT2D eigenvalue weighted by Gasteiger charge is -2.39. The molecule has 1 saturated heterocycles. The average Bonchev–Trinajstić information content (AvgIpc) is 2.72. The minimum atomic E-state index is -3.30. The van der Waals surface area contributed by atoms with Crippen LogP contribution in [-0.2, 0) is 14.6 Å². The lowest BCUT2D eigenvalue weighted by atomic mass is 9.97. The number of aromatic nitrogens is 1. The molecule has 2 atom stereocenters. The molecule has 3 rings (SSSR count). The van der Waals surface area contributed by atoms with Crippen molar-refractivity contribution in [3.63, 3.8) is 0 Å². The maximum Gasteiger partial charge on any atom is 0.410 e. The van der Waals surface area contributed by atoms with Gasteiger partial charge in [0, 0.05) is 49.6 Å². The molecule has 8 nitrogen and oxygen atoms in total. The second-order valence-electron chi connectivity index (χ2n) is 9.34. The fraction of sp³-hybridized carbons (Fsp3) is 0.500. The van der Waals surface area contributed by atoms with Crippen molar-refractivity contribution in [2.45, 2.75) is 69.6 Å². The Hall–Kier alpha value is -2.81. The van der Waals surface area contributed by atoms with E-state index >= 15 is 0 Å². The number of sulfone groups is 1. The van der Waals surface area contributed by atoms with Crippen LogP contribution in [0.3, 0.4) is 0 Å². The first-order valence-corrected chi connectivity index (χ1v) is 13.0. The van der Waals surface area contributed by atoms with Crippen LogP contribution in [0.1, 0.15) is 47.0 Å². The second-order valence-corrected chi connectivity index (χ2v) is 11.4. The summed E-state index contributed by atoms with van der Waals surface area (Å²) >= 11 is 0. The van der Waals surface area contributed by atoms with Gasteiger partial charge in [-0.25, -0.2) is 13.2 Å². The van der Waals surface area contributed by atoms with E-state index in [2.05, 4.69) is 0 Å². The van der Waals surface area contributed by atoms with E-state index < -0.39 is 15.4 Å². The van der Waals surface area contributed by atoms with Crippen LogP contribution < -0.4 is 10.3 Å². The summed E-state index contributed by atoms with van der Waals surface area (Å²) in [6.45, 7) is 8.11. The molecule has 180 valence electrons. The minimum absolute atomic E-state index is 0.00679. The fourth-order valence-corrected chi connectivity index (χ4v) is 4.49. The third-order valence-corrected chi connectivity index (χ3v) is 6.63. The molecule has 1 aromatic carbocycles. The molecule has 0 bridgehead atoms. The molecular formula is C24H32N2O6S. The van der Waals surface area contributed by atoms with Crippen LogP contribution in [0.4, 0.5) is 4.79 Å². The second kappa shape index (κ2) is 9.59. The van der Waals surface area contributed by atoms with Crippen molar-refractivity contribution in [2.75, 3.05) is 12.8 Å². The summed E-state index contributed by atoms with van der Waals surface area (Å²) in [7, 11) is -3.30. The van der Waals surface area contributed by atoms with Gasteiger partial charge in [0.05, 0.1) is 4.90 Å². The Labute approximate surface area is 195 Å². The maximum absolute atomic E-state index is 12.7. The highest BCUT2D eigenvalue weighted by molar-refractivity contribution is 7.90. The minimum Gasteiger partial charge on any atom is -0.490 e. The van der Waals surface area contributed by atoms with Crippen LogP contribution in [0.25, 0.3) is 5.69 Å². The first-order valence-electron chi connectivity index (χ1n) is 11.1. The molecule has 0 radical (unpaired) electrons. The number of amides is 1. The normalized spacial score (nSPS) is 19.2. The average molecular weight is 477 g/mol. The molecule has 0 saturated carbocycles. The van der Waals surface area contributed by atoms with Crippen molar-refractivity contribution in [3.8, 4) is 11.4 Å². The highest BCUT2D eigenvalue weighted by Gasteiger charge is 2.34. The number of carbonyl (C=O) groups excluding carboxylic acids is 1. The van der Waals surface area contributed by atoms with Crippen LogP contribution in [0, 0.1) is 0 Å². The topological polar surface area (TPSA) is 94.9 Å². The van der Waals surface area contributed by atoms with E-state index in [-0.39, 0.29) is 28.7 Å². The number of nitrogens with zero attached hydrogens (tertiary/aromatic N) is 2. The van der Waals surface area contributed by atoms with E-state index in [1.165, 1.54) is 22.8 Å². The van der Waals surface area contributed by atoms with Gasteiger partial charge in [-0.1, -0.05) is 6.92 Å². The highest BCUT2D eigenvalue weighted by atomic mass is 32.2. The van der Waals surface area contributed by atoms with Crippen molar-refractivity contribution in [1.29, 1.82) is 0 Å². The summed E-state index contributed by atoms with van der Waals surface area (Å²) in [6.07, 6.45) is 4.42. The molecule has 0 N–H and O–H groups in total. The molecule has 33 heavy (non-hydrogen) atoms. The Kier molecular flexibility index (Phi) is 7.21. The van der Waals surface area contributed by atoms with E-state index in [0.29, 0.717) is 30.8 Å². The Morgan fingerprint density at radius 2 is 1.82 bits per heavy atom. The smallest absolute Gasteiger partial charge is 0.410 e. The van der Waals surface area contributed by atoms with E-state index in [0.717, 1.165) is 12.7 Å². The van der Waals surface area contributed by atoms with Gasteiger partial charge in [0.15, 0.2) is 9.84 Å². The van der Waals surface area contributed by atoms with Gasteiger partial charge < -0.3 is 14.4 Å². The SMILES string of the molecule is CC[C@@H]1C[C@H](Oc2ccn(-c3ccc(S(C)(=O)=O)cc3)c(=O)c2)CCN1C(=O)OC(C)(C)C. The zero-order valence-corrected chi connectivity index (χ0v) is 20.6. The van der Waals surface area contributed by atoms with E-state index in [1.54, 1.807) is 29.3 Å². The van der Waals surface area contributed by atoms with Crippen LogP contribution >= 0.6 is 0 Å². The number of piperidine rings is 1. The molecular weight excluding hydrogens is 444 g/mol. The molecule has 2 heterocycles. The Bertz CT molecular complexity index is 1150. The Morgan fingerprint density at radius 1 is 1.15 bits per heavy atom. The highest BCUT2D eigenvalue weighted by Crippen LogP contribution is 2.26. The zero-order valence-electron chi connectivity index (χ0n) is 19.8. The number of hydrogen-bond donors (Lipinski definition) is 0. The number of carbonyl (C=O) groups is 1. The van der Waals surface area contributed by atoms with Gasteiger partial charge in [-0.05, 0) is 57.5 Å². The number of ether oxygens (including phenoxy) is 2. The van der Waals surface area contributed by atoms with Gasteiger partial charge in [-0.2, -0.15) is 0 Å². The number of likely N-dealkylation sites (tertiary alicyclic amines) is 1. The van der Waals surface area contributed by atoms with Crippen LogP contribution in [0.5, 0.6) is 5.75 Å². The molecule has 0 aliphatic carbocycles. The molecule has 1 amide bonds. The molecule has 1 fully saturated rings. The third kappa shape index (κ3) is 6.37. The van der Waals surface area contributed by atoms with Crippen molar-refractivity contribution in [2.24, 2.45) is 0 Å². The van der Waals surface area contributed by atoms with Crippen molar-refractivity contribution >= 4 is 15.9 Å². The van der Waals surface area contributed by atoms with E-state index in [9.17, 15) is 18.0 Å². The summed E-state index contributed by atoms with van der Waals surface area (Å²) < 4.78 is 36.3. The van der Waals surface area contributed by atoms with E-state index in [4.69, 9.17) is 9.47 Å². The number of hydrogen-bond acceptors (Lipinski definition) is 6. The van der Waals surface area contributed by atoms with Gasteiger partial charge in [0.25, 0.3) is 5.56 Å². The van der Waals surface area contributed by atoms with Crippen molar-refractivity contribution in [1.82, 2.24) is 9.47 Å². The zero-order chi connectivity index (χ0) is 24.4. The van der Waals surface area contributed by atoms with Crippen molar-refractivity contribution < 1.29 is 22.7 Å². The van der Waals surface area contributed by atoms with Crippen LogP contribution in [0.15, 0.2) is 52.3 Å². The van der Waals surface area contributed by atoms with Crippen LogP contribution in [-0.4, -0.2) is 54.5 Å². The van der Waals surface area contributed by atoms with Crippen LogP contribution in [0.2, 0.25) is 0 Å². The van der Waals surface area contributed by atoms with Gasteiger partial charge in [-0.15, -0.1) is 0 Å². The summed E-state index contributed by atoms with van der Waals surface area (Å²) in [5.74, 6) is 0.467. The number of benzene rings is 1. The quantitative estimate of drug-likeness (QED) is 0.652. The Morgan fingerprint density at radius 3 is 2.36 bits per heavy atom. The molecule has 1 aliphatic heterocycles. The standard InChI is InChI=1S/C24H32N2O6S/c1-6-17-15-19(12-14-26(17)23(28)32-24(2,3)4)31-20-11-13-25(22(27)16-20)18-7-9-21(10-8-18)33(5,29)30/h7-11,13,16-17,19H,6,12,14-15H2,1-5H3/t17-,19-/m1/s1. The molecule has 1 aromatic heterocycles. The predicted molar refractivity (Wildman–Crippen MR) is 126 cm³/mol. The summed E-state index contributed by atoms with van der Waals surface area (Å²) in [6, 6.07) is 9.29. The molecule has 0 unspecified atom stereocenters. The fourth-order valence-electron chi connectivity index (χ4n) is 3.86. The molecule has 0 spiro atoms. The monoisotopic (exact) mass is 476 g/mol. The third-order valence-electron chi connectivity index (χ3n) is 5.50. The van der Waals surface area contributed by atoms with Gasteiger partial charge in [0.1, 0.15) is 17.5 Å². The van der Waals surface area contributed by atoms with Gasteiger partial charge in [-0.3, -0.25) is 9.36 Å². The summed E-state index contributed by atoms with van der Waals surface area (Å²) in [4.78, 5) is 27.1. The van der Waals surface area contributed by atoms with E-state index in [1.807, 2.05) is 27.7 Å². The summed E-state index contributed by atoms with van der Waals surface area (Å²) in [5, 5.41) is 0. The number of pyridine rings is 1. The lowest BCUT2D eigenvalue weighted by Crippen LogP contribution is -2.50. The first kappa shape index (κ1) is 24.8. The Balaban J connectivity index is 1.68. The molecule has 2 aromatic rings. The molecule has 1 aliphatic rings. The van der Waals surface area contributed by atoms with Gasteiger partial charge >= 0.3 is 6.09 Å². The largest absolute Gasteiger partial charge is 0.490 e. The first-order chi connectivity index (χ1) is 15.4. The predicted octanol–water partition coefficient (Wildman–Crippen LogP) is 3.80. The maximum atomic E-state index is 12.7. The van der Waals surface area contributed by atoms with Crippen molar-refractivity contribution in [3.05, 3.63) is 52.9 Å². The van der Waals surface area contributed by atoms with Gasteiger partial charge in [0.2, 0.25) is 0 Å². The number of rotatable bonds is 5.